The first-order chi connectivity index (χ1) is 27.7. The molecule has 0 radical (unpaired) electrons. The number of benzene rings is 5. The van der Waals surface area contributed by atoms with Crippen LogP contribution in [0.25, 0.3) is 11.1 Å². The summed E-state index contributed by atoms with van der Waals surface area (Å²) >= 11 is 2.09. The third-order valence-electron chi connectivity index (χ3n) is 18.0. The van der Waals surface area contributed by atoms with E-state index in [1.807, 2.05) is 0 Å². The van der Waals surface area contributed by atoms with Gasteiger partial charge in [0.05, 0.1) is 17.1 Å². The van der Waals surface area contributed by atoms with Crippen molar-refractivity contribution in [1.29, 1.82) is 0 Å². The predicted molar refractivity (Wildman–Crippen MR) is 243 cm³/mol. The van der Waals surface area contributed by atoms with Gasteiger partial charge in [-0.1, -0.05) is 140 Å². The van der Waals surface area contributed by atoms with Gasteiger partial charge in [0.2, 0.25) is 0 Å². The largest absolute Gasteiger partial charge is 0.309 e. The molecule has 0 aromatic heterocycles. The maximum atomic E-state index is 2.85. The van der Waals surface area contributed by atoms with E-state index in [-0.39, 0.29) is 27.1 Å². The zero-order chi connectivity index (χ0) is 39.8. The summed E-state index contributed by atoms with van der Waals surface area (Å²) in [6.45, 7) is 20.1. The molecule has 7 aliphatic rings. The Kier molecular flexibility index (Phi) is 7.19. The highest BCUT2D eigenvalue weighted by Crippen LogP contribution is 2.89. The van der Waals surface area contributed by atoms with Crippen LogP contribution < -0.4 is 4.90 Å². The molecule has 4 fully saturated rings. The standard InChI is InChI=1S/C56H61NS/c1-51(2)24-26-53(5,6)48-39(51)19-14-21-42(48)57(43-22-15-20-40-49(43)54(7,8)27-25-52(40,3)4)44-31-36(35-16-10-9-11-17-35)30-41-50(44)58-45-23-13-12-18-38(45)56(41)46-29-34-28-37-32-47(56)55(37,46)33-34/h9-23,30-31,34,37,46-47H,24-29,32-33H2,1-8H3. The second-order valence-corrected chi connectivity index (χ2v) is 23.7. The molecule has 0 saturated heterocycles. The monoisotopic (exact) mass is 779 g/mol. The first kappa shape index (κ1) is 36.1. The second-order valence-electron chi connectivity index (χ2n) is 22.7. The number of nitrogens with zero attached hydrogens (tertiary/aromatic N) is 1. The average Bonchev–Trinajstić information content (AvgIpc) is 3.74. The normalized spacial score (nSPS) is 31.5. The highest BCUT2D eigenvalue weighted by molar-refractivity contribution is 7.99. The van der Waals surface area contributed by atoms with Crippen LogP contribution in [0.3, 0.4) is 0 Å². The van der Waals surface area contributed by atoms with E-state index in [0.717, 1.165) is 23.7 Å². The van der Waals surface area contributed by atoms with Crippen LogP contribution in [0, 0.1) is 29.1 Å². The highest BCUT2D eigenvalue weighted by Gasteiger charge is 2.84. The summed E-state index contributed by atoms with van der Waals surface area (Å²) in [5, 5.41) is 0. The summed E-state index contributed by atoms with van der Waals surface area (Å²) in [7, 11) is 0. The van der Waals surface area contributed by atoms with Gasteiger partial charge in [0.25, 0.3) is 0 Å². The number of hydrogen-bond donors (Lipinski definition) is 0. The lowest BCUT2D eigenvalue weighted by atomic mass is 9.26. The number of hydrogen-bond acceptors (Lipinski definition) is 2. The van der Waals surface area contributed by atoms with Gasteiger partial charge >= 0.3 is 0 Å². The smallest absolute Gasteiger partial charge is 0.0610 e. The molecule has 6 unspecified atom stereocenters. The molecular formula is C56H61NS. The minimum atomic E-state index is 0.0335. The molecule has 4 saturated carbocycles. The van der Waals surface area contributed by atoms with Crippen molar-refractivity contribution in [3.05, 3.63) is 137 Å². The molecule has 2 spiro atoms. The molecule has 1 heterocycles. The molecule has 1 nitrogen and oxygen atoms in total. The number of fused-ring (bicyclic) bond motifs is 9. The summed E-state index contributed by atoms with van der Waals surface area (Å²) in [5.41, 5.74) is 17.2. The maximum Gasteiger partial charge on any atom is 0.0610 e. The van der Waals surface area contributed by atoms with E-state index in [1.54, 1.807) is 22.3 Å². The molecule has 12 rings (SSSR count). The molecule has 5 aromatic rings. The van der Waals surface area contributed by atoms with Gasteiger partial charge in [-0.25, -0.2) is 0 Å². The Morgan fingerprint density at radius 1 is 0.500 bits per heavy atom. The topological polar surface area (TPSA) is 3.24 Å². The van der Waals surface area contributed by atoms with Crippen molar-refractivity contribution in [1.82, 2.24) is 0 Å². The van der Waals surface area contributed by atoms with Crippen LogP contribution in [0.1, 0.15) is 140 Å². The van der Waals surface area contributed by atoms with Crippen molar-refractivity contribution in [2.75, 3.05) is 4.90 Å². The number of rotatable bonds is 4. The lowest BCUT2D eigenvalue weighted by Crippen LogP contribution is -2.74. The van der Waals surface area contributed by atoms with Gasteiger partial charge in [-0.3, -0.25) is 0 Å². The first-order valence-corrected chi connectivity index (χ1v) is 23.6. The molecule has 6 atom stereocenters. The van der Waals surface area contributed by atoms with Gasteiger partial charge in [-0.05, 0) is 177 Å². The molecule has 58 heavy (non-hydrogen) atoms. The first-order valence-electron chi connectivity index (χ1n) is 22.8. The van der Waals surface area contributed by atoms with Crippen molar-refractivity contribution in [3.8, 4) is 11.1 Å². The van der Waals surface area contributed by atoms with Crippen molar-refractivity contribution < 1.29 is 0 Å². The second kappa shape index (κ2) is 11.5. The zero-order valence-electron chi connectivity index (χ0n) is 36.1. The Labute approximate surface area is 352 Å². The minimum absolute atomic E-state index is 0.0335. The van der Waals surface area contributed by atoms with Crippen LogP contribution in [-0.2, 0) is 27.1 Å². The SMILES string of the molecule is CC1(C)CCC(C)(C)c2c(N(c3cc(-c4ccccc4)cc4c3Sc3ccccc3C43C4CC5CC6CC3C64C5)c3cccc4c3C(C)(C)CCC4(C)C)cccc21. The highest BCUT2D eigenvalue weighted by atomic mass is 32.2. The Morgan fingerprint density at radius 2 is 1.07 bits per heavy atom. The van der Waals surface area contributed by atoms with Crippen molar-refractivity contribution in [2.45, 2.75) is 144 Å². The van der Waals surface area contributed by atoms with Crippen LogP contribution >= 0.6 is 11.8 Å². The lowest BCUT2D eigenvalue weighted by molar-refractivity contribution is -0.235. The summed E-state index contributed by atoms with van der Waals surface area (Å²) in [5.74, 6) is 3.35. The fraction of sp³-hybridized carbons (Fsp3) is 0.464. The van der Waals surface area contributed by atoms with E-state index in [1.165, 1.54) is 100 Å². The molecule has 296 valence electrons. The van der Waals surface area contributed by atoms with Crippen LogP contribution in [-0.4, -0.2) is 0 Å². The summed E-state index contributed by atoms with van der Waals surface area (Å²) in [6, 6.07) is 41.2. The average molecular weight is 780 g/mol. The number of anilines is 3. The van der Waals surface area contributed by atoms with E-state index in [2.05, 4.69) is 175 Å². The molecule has 6 aliphatic carbocycles. The van der Waals surface area contributed by atoms with Crippen LogP contribution in [0.5, 0.6) is 0 Å². The molecular weight excluding hydrogens is 719 g/mol. The predicted octanol–water partition coefficient (Wildman–Crippen LogP) is 15.3. The van der Waals surface area contributed by atoms with Crippen LogP contribution in [0.15, 0.2) is 113 Å². The fourth-order valence-electron chi connectivity index (χ4n) is 15.3. The summed E-state index contributed by atoms with van der Waals surface area (Å²) in [6.07, 6.45) is 10.6. The summed E-state index contributed by atoms with van der Waals surface area (Å²) in [4.78, 5) is 5.86. The third kappa shape index (κ3) is 4.42. The quantitative estimate of drug-likeness (QED) is 0.179. The van der Waals surface area contributed by atoms with E-state index >= 15 is 0 Å². The van der Waals surface area contributed by atoms with Crippen LogP contribution in [0.2, 0.25) is 0 Å². The third-order valence-corrected chi connectivity index (χ3v) is 19.3. The minimum Gasteiger partial charge on any atom is -0.309 e. The molecule has 2 heteroatoms. The molecule has 1 aliphatic heterocycles. The fourth-order valence-corrected chi connectivity index (χ4v) is 16.6. The molecule has 0 amide bonds. The molecule has 2 bridgehead atoms. The maximum absolute atomic E-state index is 2.85. The Bertz CT molecular complexity index is 2480. The van der Waals surface area contributed by atoms with E-state index in [4.69, 9.17) is 0 Å². The Balaban J connectivity index is 1.22. The summed E-state index contributed by atoms with van der Waals surface area (Å²) < 4.78 is 0. The van der Waals surface area contributed by atoms with Crippen molar-refractivity contribution >= 4 is 28.8 Å². The van der Waals surface area contributed by atoms with Gasteiger partial charge in [0.1, 0.15) is 0 Å². The Hall–Kier alpha value is -3.75. The van der Waals surface area contributed by atoms with E-state index in [0.29, 0.717) is 5.41 Å². The van der Waals surface area contributed by atoms with Gasteiger partial charge in [0.15, 0.2) is 0 Å². The van der Waals surface area contributed by atoms with Crippen molar-refractivity contribution in [3.63, 3.8) is 0 Å². The van der Waals surface area contributed by atoms with E-state index < -0.39 is 0 Å². The van der Waals surface area contributed by atoms with Gasteiger partial charge in [-0.15, -0.1) is 0 Å². The van der Waals surface area contributed by atoms with Crippen LogP contribution in [0.4, 0.5) is 17.1 Å². The molecule has 0 N–H and O–H groups in total. The molecule has 5 aromatic carbocycles. The zero-order valence-corrected chi connectivity index (χ0v) is 37.0. The van der Waals surface area contributed by atoms with Crippen molar-refractivity contribution in [2.24, 2.45) is 29.1 Å². The lowest BCUT2D eigenvalue weighted by Gasteiger charge is -2.78. The van der Waals surface area contributed by atoms with E-state index in [9.17, 15) is 0 Å². The van der Waals surface area contributed by atoms with Gasteiger partial charge in [0, 0.05) is 15.2 Å². The Morgan fingerprint density at radius 3 is 1.71 bits per heavy atom. The van der Waals surface area contributed by atoms with Gasteiger partial charge < -0.3 is 4.90 Å². The van der Waals surface area contributed by atoms with Gasteiger partial charge in [-0.2, -0.15) is 0 Å².